The van der Waals surface area contributed by atoms with E-state index in [0.717, 1.165) is 0 Å². The molecule has 0 radical (unpaired) electrons. The van der Waals surface area contributed by atoms with Crippen LogP contribution in [0.4, 0.5) is 14.5 Å². The summed E-state index contributed by atoms with van der Waals surface area (Å²) in [7, 11) is 5.01. The smallest absolute Gasteiger partial charge is 0.291 e. The second kappa shape index (κ2) is 16.5. The van der Waals surface area contributed by atoms with Crippen molar-refractivity contribution in [2.45, 2.75) is 38.5 Å². The van der Waals surface area contributed by atoms with Crippen LogP contribution in [-0.4, -0.2) is 140 Å². The molecule has 14 nitrogen and oxygen atoms in total. The molecule has 2 aromatic heterocycles. The minimum absolute atomic E-state index is 0.0138. The third kappa shape index (κ3) is 8.14. The Morgan fingerprint density at radius 1 is 1.05 bits per heavy atom. The van der Waals surface area contributed by atoms with Gasteiger partial charge in [0.15, 0.2) is 23.5 Å². The summed E-state index contributed by atoms with van der Waals surface area (Å²) in [6, 6.07) is 6.97. The lowest BCUT2D eigenvalue weighted by Crippen LogP contribution is -2.59. The molecular formula is C38H46ClF2N8O6+. The normalized spacial score (nSPS) is 19.9. The Hall–Kier alpha value is -4.74. The molecule has 0 aliphatic carbocycles. The van der Waals surface area contributed by atoms with Gasteiger partial charge in [-0.15, -0.1) is 0 Å². The molecule has 55 heavy (non-hydrogen) atoms. The highest BCUT2D eigenvalue weighted by Crippen LogP contribution is 2.33. The number of aromatic nitrogens is 4. The van der Waals surface area contributed by atoms with Gasteiger partial charge in [-0.3, -0.25) is 19.1 Å². The van der Waals surface area contributed by atoms with Gasteiger partial charge in [-0.2, -0.15) is 5.10 Å². The van der Waals surface area contributed by atoms with Crippen molar-refractivity contribution in [2.75, 3.05) is 72.0 Å². The average Bonchev–Trinajstić information content (AvgIpc) is 3.83. The minimum Gasteiger partial charge on any atom is -0.396 e. The van der Waals surface area contributed by atoms with Crippen LogP contribution in [0.25, 0.3) is 22.4 Å². The van der Waals surface area contributed by atoms with Gasteiger partial charge in [0.25, 0.3) is 17.7 Å². The van der Waals surface area contributed by atoms with E-state index in [1.165, 1.54) is 48.1 Å². The molecule has 2 aliphatic rings. The topological polar surface area (TPSA) is 155 Å². The number of halogens is 3. The number of aliphatic hydroxyl groups excluding tert-OH is 2. The van der Waals surface area contributed by atoms with Crippen LogP contribution in [0.5, 0.6) is 0 Å². The molecule has 3 amide bonds. The number of likely N-dealkylation sites (N-methyl/N-ethyl adjacent to an activating group) is 1. The van der Waals surface area contributed by atoms with E-state index >= 15 is 8.78 Å². The van der Waals surface area contributed by atoms with E-state index in [1.54, 1.807) is 34.7 Å². The Labute approximate surface area is 322 Å². The Morgan fingerprint density at radius 3 is 2.44 bits per heavy atom. The van der Waals surface area contributed by atoms with Gasteiger partial charge >= 0.3 is 0 Å². The SMILES string of the molecule is COCCn1cc(-c2ccc(-c3cnc(C(=O)Nc4ccc(C(=O)N5CCN(C(=O)[C@@H]6C[C@@H](O)C[N+]6(C)CCCO)CC5)c(Cl)c4)n3C)c(F)c2F)c(C)n1. The van der Waals surface area contributed by atoms with Crippen LogP contribution >= 0.6 is 11.6 Å². The van der Waals surface area contributed by atoms with Crippen molar-refractivity contribution in [1.82, 2.24) is 29.1 Å². The maximum absolute atomic E-state index is 15.5. The average molecular weight is 784 g/mol. The molecule has 0 bridgehead atoms. The Balaban J connectivity index is 1.09. The number of likely N-dealkylation sites (tertiary alicyclic amines) is 1. The van der Waals surface area contributed by atoms with E-state index in [-0.39, 0.29) is 57.3 Å². The van der Waals surface area contributed by atoms with Crippen molar-refractivity contribution in [3.05, 3.63) is 76.5 Å². The molecular weight excluding hydrogens is 738 g/mol. The van der Waals surface area contributed by atoms with Crippen LogP contribution in [0.3, 0.4) is 0 Å². The predicted octanol–water partition coefficient (Wildman–Crippen LogP) is 3.34. The lowest BCUT2D eigenvalue weighted by Gasteiger charge is -2.40. The monoisotopic (exact) mass is 783 g/mol. The van der Waals surface area contributed by atoms with Gasteiger partial charge in [0.05, 0.1) is 54.9 Å². The zero-order valence-corrected chi connectivity index (χ0v) is 32.0. The van der Waals surface area contributed by atoms with Gasteiger partial charge in [0.1, 0.15) is 12.6 Å². The van der Waals surface area contributed by atoms with Gasteiger partial charge in [-0.1, -0.05) is 17.7 Å². The second-order valence-electron chi connectivity index (χ2n) is 14.3. The van der Waals surface area contributed by atoms with E-state index in [4.69, 9.17) is 16.3 Å². The first-order chi connectivity index (χ1) is 26.3. The van der Waals surface area contributed by atoms with Gasteiger partial charge < -0.3 is 39.1 Å². The molecule has 4 heterocycles. The largest absolute Gasteiger partial charge is 0.396 e. The van der Waals surface area contributed by atoms with Crippen LogP contribution in [0, 0.1) is 18.6 Å². The van der Waals surface area contributed by atoms with E-state index < -0.39 is 29.7 Å². The van der Waals surface area contributed by atoms with Crippen LogP contribution in [0.15, 0.2) is 42.7 Å². The number of piperazine rings is 1. The summed E-state index contributed by atoms with van der Waals surface area (Å²) in [5.41, 5.74) is 1.65. The lowest BCUT2D eigenvalue weighted by molar-refractivity contribution is -0.914. The molecule has 294 valence electrons. The van der Waals surface area contributed by atoms with E-state index in [1.807, 2.05) is 7.05 Å². The Morgan fingerprint density at radius 2 is 1.75 bits per heavy atom. The van der Waals surface area contributed by atoms with E-state index in [9.17, 15) is 24.6 Å². The summed E-state index contributed by atoms with van der Waals surface area (Å²) in [5.74, 6) is -3.24. The number of benzene rings is 2. The van der Waals surface area contributed by atoms with Crippen LogP contribution in [0.1, 0.15) is 39.5 Å². The quantitative estimate of drug-likeness (QED) is 0.185. The van der Waals surface area contributed by atoms with Crippen molar-refractivity contribution in [1.29, 1.82) is 0 Å². The summed E-state index contributed by atoms with van der Waals surface area (Å²) in [5, 5.41) is 26.8. The molecule has 1 unspecified atom stereocenters. The summed E-state index contributed by atoms with van der Waals surface area (Å²) < 4.78 is 39.4. The van der Waals surface area contributed by atoms with Crippen LogP contribution < -0.4 is 5.32 Å². The predicted molar refractivity (Wildman–Crippen MR) is 200 cm³/mol. The van der Waals surface area contributed by atoms with E-state index in [0.29, 0.717) is 81.0 Å². The molecule has 3 atom stereocenters. The summed E-state index contributed by atoms with van der Waals surface area (Å²) in [4.78, 5) is 47.8. The van der Waals surface area contributed by atoms with Crippen molar-refractivity contribution in [3.63, 3.8) is 0 Å². The number of methoxy groups -OCH3 is 1. The number of carbonyl (C=O) groups is 3. The first-order valence-electron chi connectivity index (χ1n) is 18.1. The molecule has 2 aromatic carbocycles. The number of imidazole rings is 1. The van der Waals surface area contributed by atoms with Crippen molar-refractivity contribution >= 4 is 35.0 Å². The third-order valence-corrected chi connectivity index (χ3v) is 10.9. The first-order valence-corrected chi connectivity index (χ1v) is 18.5. The second-order valence-corrected chi connectivity index (χ2v) is 14.7. The van der Waals surface area contributed by atoms with Gasteiger partial charge in [-0.05, 0) is 31.2 Å². The number of nitrogens with one attached hydrogen (secondary N) is 1. The van der Waals surface area contributed by atoms with Crippen molar-refractivity contribution in [3.8, 4) is 22.4 Å². The molecule has 0 saturated carbocycles. The lowest BCUT2D eigenvalue weighted by atomic mass is 10.0. The highest BCUT2D eigenvalue weighted by molar-refractivity contribution is 6.34. The molecule has 2 saturated heterocycles. The molecule has 17 heteroatoms. The molecule has 4 aromatic rings. The molecule has 2 aliphatic heterocycles. The maximum atomic E-state index is 15.5. The number of carbonyl (C=O) groups excluding carboxylic acids is 3. The van der Waals surface area contributed by atoms with Crippen LogP contribution in [-0.2, 0) is 23.1 Å². The molecule has 0 spiro atoms. The number of hydrogen-bond acceptors (Lipinski definition) is 8. The molecule has 2 fully saturated rings. The van der Waals surface area contributed by atoms with Gasteiger partial charge in [0.2, 0.25) is 0 Å². The maximum Gasteiger partial charge on any atom is 0.291 e. The van der Waals surface area contributed by atoms with Crippen molar-refractivity contribution < 1.29 is 42.6 Å². The number of rotatable bonds is 12. The number of ether oxygens (including phenoxy) is 1. The van der Waals surface area contributed by atoms with Gasteiger partial charge in [-0.25, -0.2) is 13.8 Å². The summed E-state index contributed by atoms with van der Waals surface area (Å²) in [6.45, 7) is 4.88. The number of nitrogens with zero attached hydrogens (tertiary/aromatic N) is 7. The van der Waals surface area contributed by atoms with Crippen LogP contribution in [0.2, 0.25) is 5.02 Å². The first kappa shape index (κ1) is 39.9. The number of hydrogen-bond donors (Lipinski definition) is 3. The number of aryl methyl sites for hydroxylation is 1. The number of quaternary nitrogens is 1. The fourth-order valence-corrected chi connectivity index (χ4v) is 7.88. The van der Waals surface area contributed by atoms with Gasteiger partial charge in [0, 0.05) is 88.4 Å². The number of aliphatic hydroxyl groups is 2. The zero-order valence-electron chi connectivity index (χ0n) is 31.3. The fourth-order valence-electron chi connectivity index (χ4n) is 7.61. The van der Waals surface area contributed by atoms with Crippen molar-refractivity contribution in [2.24, 2.45) is 7.05 Å². The minimum atomic E-state index is -1.10. The summed E-state index contributed by atoms with van der Waals surface area (Å²) in [6.07, 6.45) is 3.23. The van der Waals surface area contributed by atoms with E-state index in [2.05, 4.69) is 15.4 Å². The highest BCUT2D eigenvalue weighted by Gasteiger charge is 2.49. The number of amides is 3. The summed E-state index contributed by atoms with van der Waals surface area (Å²) >= 11 is 6.55. The molecule has 6 rings (SSSR count). The number of anilines is 1. The standard InChI is InChI=1S/C38H45ClF2N8O6/c1-23-29(21-48(44-23)14-17-55-4)26-8-9-28(34(41)33(26)40)31-20-42-35(45(31)2)36(52)43-24-6-7-27(30(39)18-24)37(53)46-10-12-47(13-11-46)38(54)32-19-25(51)22-49(32,3)15-5-16-50/h6-9,18,20-21,25,32,50-51H,5,10-17,19,22H2,1-4H3/p+1/t25-,32+,49?/m1/s1. The zero-order chi connectivity index (χ0) is 39.6. The Bertz CT molecular complexity index is 2080. The highest BCUT2D eigenvalue weighted by atomic mass is 35.5. The Kier molecular flexibility index (Phi) is 12.0. The fraction of sp³-hybridized carbons (Fsp3) is 0.447. The molecule has 3 N–H and O–H groups in total. The third-order valence-electron chi connectivity index (χ3n) is 10.6.